The highest BCUT2D eigenvalue weighted by atomic mass is 32.1. The second-order valence-electron chi connectivity index (χ2n) is 21.3. The molecule has 2 aliphatic heterocycles. The number of nitrogens with zero attached hydrogens (tertiary/aromatic N) is 2. The van der Waals surface area contributed by atoms with Crippen LogP contribution in [0.3, 0.4) is 0 Å². The van der Waals surface area contributed by atoms with Crippen LogP contribution in [-0.4, -0.2) is 6.71 Å². The SMILES string of the molecule is Cc1cc2c3c(c1)N(c1ccc(C(C)(C)C)cc1)c1c(sc4cc(C(C)(C)C)ccc14)B3c1cc(C(C)(C)C)ccc1N2c1ccc(C(C)(C)C)cc1-c1ccccc1. The Bertz CT molecular complexity index is 2760. The number of benzene rings is 6. The van der Waals surface area contributed by atoms with Gasteiger partial charge in [0.2, 0.25) is 0 Å². The average Bonchev–Trinajstić information content (AvgIpc) is 3.55. The number of hydrogen-bond acceptors (Lipinski definition) is 3. The fourth-order valence-corrected chi connectivity index (χ4v) is 10.6. The van der Waals surface area contributed by atoms with Gasteiger partial charge in [-0.25, -0.2) is 0 Å². The number of anilines is 6. The average molecular weight is 791 g/mol. The number of hydrogen-bond donors (Lipinski definition) is 0. The van der Waals surface area contributed by atoms with Crippen molar-refractivity contribution in [2.24, 2.45) is 0 Å². The molecule has 0 saturated heterocycles. The number of fused-ring (bicyclic) bond motifs is 6. The monoisotopic (exact) mass is 790 g/mol. The maximum Gasteiger partial charge on any atom is 0.264 e. The van der Waals surface area contributed by atoms with Crippen molar-refractivity contribution in [3.63, 3.8) is 0 Å². The molecule has 0 saturated carbocycles. The lowest BCUT2D eigenvalue weighted by molar-refractivity contribution is 0.590. The van der Waals surface area contributed by atoms with Gasteiger partial charge in [-0.1, -0.05) is 156 Å². The van der Waals surface area contributed by atoms with Gasteiger partial charge in [0.1, 0.15) is 0 Å². The lowest BCUT2D eigenvalue weighted by Gasteiger charge is -2.44. The van der Waals surface area contributed by atoms with Crippen molar-refractivity contribution in [3.8, 4) is 11.1 Å². The van der Waals surface area contributed by atoms with Crippen LogP contribution in [-0.2, 0) is 21.7 Å². The normalized spacial score (nSPS) is 14.1. The zero-order valence-electron chi connectivity index (χ0n) is 37.4. The zero-order chi connectivity index (χ0) is 42.0. The predicted octanol–water partition coefficient (Wildman–Crippen LogP) is 14.1. The summed E-state index contributed by atoms with van der Waals surface area (Å²) >= 11 is 2.00. The minimum Gasteiger partial charge on any atom is -0.311 e. The van der Waals surface area contributed by atoms with E-state index >= 15 is 0 Å². The van der Waals surface area contributed by atoms with Crippen molar-refractivity contribution in [2.45, 2.75) is 112 Å². The third-order valence-corrected chi connectivity index (χ3v) is 13.9. The third-order valence-electron chi connectivity index (χ3n) is 12.7. The molecule has 6 aromatic carbocycles. The molecule has 3 heterocycles. The molecule has 298 valence electrons. The molecule has 0 aliphatic carbocycles. The van der Waals surface area contributed by atoms with Gasteiger partial charge in [0.25, 0.3) is 6.71 Å². The van der Waals surface area contributed by atoms with E-state index in [1.54, 1.807) is 0 Å². The zero-order valence-corrected chi connectivity index (χ0v) is 38.2. The maximum absolute atomic E-state index is 2.61. The summed E-state index contributed by atoms with van der Waals surface area (Å²) in [6.45, 7) is 30.2. The van der Waals surface area contributed by atoms with Gasteiger partial charge in [0.15, 0.2) is 0 Å². The first-order chi connectivity index (χ1) is 27.7. The molecule has 2 nitrogen and oxygen atoms in total. The minimum atomic E-state index is -0.0140. The minimum absolute atomic E-state index is 0.00451. The third kappa shape index (κ3) is 6.63. The Morgan fingerprint density at radius 2 is 1.00 bits per heavy atom. The summed E-state index contributed by atoms with van der Waals surface area (Å²) in [6, 6.07) is 47.1. The molecule has 7 aromatic rings. The van der Waals surface area contributed by atoms with Crippen LogP contribution < -0.4 is 25.5 Å². The second kappa shape index (κ2) is 13.5. The Hall–Kier alpha value is -5.06. The first-order valence-corrected chi connectivity index (χ1v) is 22.3. The molecule has 4 heteroatoms. The van der Waals surface area contributed by atoms with E-state index in [1.807, 2.05) is 11.3 Å². The van der Waals surface area contributed by atoms with Crippen molar-refractivity contribution in [2.75, 3.05) is 9.80 Å². The van der Waals surface area contributed by atoms with Gasteiger partial charge >= 0.3 is 0 Å². The molecule has 2 aliphatic rings. The van der Waals surface area contributed by atoms with Gasteiger partial charge in [0.05, 0.1) is 11.4 Å². The Labute approximate surface area is 358 Å². The highest BCUT2D eigenvalue weighted by molar-refractivity contribution is 7.33. The molecule has 0 amide bonds. The van der Waals surface area contributed by atoms with Crippen molar-refractivity contribution in [1.82, 2.24) is 0 Å². The predicted molar refractivity (Wildman–Crippen MR) is 261 cm³/mol. The van der Waals surface area contributed by atoms with E-state index in [4.69, 9.17) is 0 Å². The summed E-state index contributed by atoms with van der Waals surface area (Å²) in [5, 5.41) is 1.33. The largest absolute Gasteiger partial charge is 0.311 e. The first kappa shape index (κ1) is 39.4. The van der Waals surface area contributed by atoms with E-state index in [-0.39, 0.29) is 28.4 Å². The molecule has 0 spiro atoms. The van der Waals surface area contributed by atoms with E-state index in [2.05, 4.69) is 221 Å². The Morgan fingerprint density at radius 1 is 0.475 bits per heavy atom. The molecule has 59 heavy (non-hydrogen) atoms. The lowest BCUT2D eigenvalue weighted by atomic mass is 9.36. The maximum atomic E-state index is 2.61. The molecular formula is C55H59BN2S. The van der Waals surface area contributed by atoms with Crippen LogP contribution in [0.5, 0.6) is 0 Å². The smallest absolute Gasteiger partial charge is 0.264 e. The van der Waals surface area contributed by atoms with Crippen LogP contribution in [0.15, 0.2) is 121 Å². The quantitative estimate of drug-likeness (QED) is 0.165. The molecule has 0 bridgehead atoms. The molecule has 0 atom stereocenters. The molecule has 9 rings (SSSR count). The second-order valence-corrected chi connectivity index (χ2v) is 22.3. The van der Waals surface area contributed by atoms with Crippen LogP contribution >= 0.6 is 11.3 Å². The standard InChI is InChI=1S/C55H59BN2S/c1-34-29-46-49-47(30-34)58(44-27-22-37(53(5,6)7)31-42(44)35-17-15-14-16-18-35)45-28-23-38(54(8,9)10)32-43(45)56(49)51-50(41-26-21-39(55(11,12)13)33-48(41)59-51)57(46)40-24-19-36(20-25-40)52(2,3)4/h14-33H,1-13H3. The number of aryl methyl sites for hydroxylation is 1. The first-order valence-electron chi connectivity index (χ1n) is 21.5. The highest BCUT2D eigenvalue weighted by Crippen LogP contribution is 2.50. The molecular weight excluding hydrogens is 731 g/mol. The molecule has 0 fully saturated rings. The van der Waals surface area contributed by atoms with E-state index in [0.717, 1.165) is 0 Å². The van der Waals surface area contributed by atoms with E-state index in [0.29, 0.717) is 0 Å². The van der Waals surface area contributed by atoms with Gasteiger partial charge < -0.3 is 9.80 Å². The van der Waals surface area contributed by atoms with E-state index < -0.39 is 0 Å². The highest BCUT2D eigenvalue weighted by Gasteiger charge is 2.46. The van der Waals surface area contributed by atoms with Crippen LogP contribution in [0, 0.1) is 6.92 Å². The molecule has 0 unspecified atom stereocenters. The molecule has 0 radical (unpaired) electrons. The molecule has 0 N–H and O–H groups in total. The van der Waals surface area contributed by atoms with Crippen LogP contribution in [0.25, 0.3) is 21.2 Å². The van der Waals surface area contributed by atoms with Crippen LogP contribution in [0.2, 0.25) is 0 Å². The lowest BCUT2D eigenvalue weighted by Crippen LogP contribution is -2.60. The fraction of sp³-hybridized carbons (Fsp3) is 0.309. The van der Waals surface area contributed by atoms with Crippen molar-refractivity contribution >= 4 is 78.0 Å². The van der Waals surface area contributed by atoms with Crippen molar-refractivity contribution < 1.29 is 0 Å². The van der Waals surface area contributed by atoms with Gasteiger partial charge in [0, 0.05) is 43.2 Å². The summed E-state index contributed by atoms with van der Waals surface area (Å²) < 4.78 is 2.77. The summed E-state index contributed by atoms with van der Waals surface area (Å²) in [5.41, 5.74) is 19.5. The van der Waals surface area contributed by atoms with Crippen molar-refractivity contribution in [3.05, 3.63) is 149 Å². The number of rotatable bonds is 3. The molecule has 1 aromatic heterocycles. The van der Waals surface area contributed by atoms with E-state index in [1.165, 1.54) is 98.9 Å². The number of thiophene rings is 1. The van der Waals surface area contributed by atoms with Gasteiger partial charge in [-0.15, -0.1) is 11.3 Å². The Balaban J connectivity index is 1.40. The van der Waals surface area contributed by atoms with Gasteiger partial charge in [-0.05, 0) is 121 Å². The summed E-state index contributed by atoms with van der Waals surface area (Å²) in [4.78, 5) is 5.22. The topological polar surface area (TPSA) is 6.48 Å². The van der Waals surface area contributed by atoms with Crippen LogP contribution in [0.4, 0.5) is 34.1 Å². The van der Waals surface area contributed by atoms with Crippen molar-refractivity contribution in [1.29, 1.82) is 0 Å². The Kier molecular flexibility index (Phi) is 9.00. The van der Waals surface area contributed by atoms with Crippen LogP contribution in [0.1, 0.15) is 111 Å². The van der Waals surface area contributed by atoms with Gasteiger partial charge in [-0.2, -0.15) is 0 Å². The summed E-state index contributed by atoms with van der Waals surface area (Å²) in [6.07, 6.45) is 0. The summed E-state index contributed by atoms with van der Waals surface area (Å²) in [7, 11) is 0. The van der Waals surface area contributed by atoms with E-state index in [9.17, 15) is 0 Å². The van der Waals surface area contributed by atoms with Gasteiger partial charge in [-0.3, -0.25) is 0 Å². The fourth-order valence-electron chi connectivity index (χ4n) is 9.24. The Morgan fingerprint density at radius 3 is 1.61 bits per heavy atom. The summed E-state index contributed by atoms with van der Waals surface area (Å²) in [5.74, 6) is 0.